The standard InChI is InChI=1S/C44H82O10/c1-3-5-7-9-11-13-15-16-17-18-19-20-21-22-23-25-26-28-30-32-39(46)51-35-37(36-52-44-43(50)42(49)41(48)38(34-45)54-44)53-40(47)33-31-29-27-24-14-12-10-8-6-4-2/h8,10,37-38,41-45,48-50H,3-7,9,11-36H2,1-2H3/b10-8-. The van der Waals surface area contributed by atoms with Crippen LogP contribution in [0.3, 0.4) is 0 Å². The van der Waals surface area contributed by atoms with Gasteiger partial charge in [0.1, 0.15) is 31.0 Å². The van der Waals surface area contributed by atoms with Gasteiger partial charge in [0.2, 0.25) is 0 Å². The van der Waals surface area contributed by atoms with Crippen LogP contribution in [0.5, 0.6) is 0 Å². The predicted octanol–water partition coefficient (Wildman–Crippen LogP) is 9.17. The SMILES string of the molecule is CCC/C=C\CCCCCCCC(=O)OC(COC(=O)CCCCCCCCCCCCCCCCCCCCC)COC1OC(CO)C(O)C(O)C1O. The van der Waals surface area contributed by atoms with E-state index >= 15 is 0 Å². The van der Waals surface area contributed by atoms with Crippen LogP contribution in [0.4, 0.5) is 0 Å². The van der Waals surface area contributed by atoms with Gasteiger partial charge < -0.3 is 39.4 Å². The van der Waals surface area contributed by atoms with E-state index in [9.17, 15) is 30.0 Å². The molecule has 10 nitrogen and oxygen atoms in total. The van der Waals surface area contributed by atoms with Gasteiger partial charge in [-0.15, -0.1) is 0 Å². The van der Waals surface area contributed by atoms with Crippen molar-refractivity contribution in [3.8, 4) is 0 Å². The Bertz CT molecular complexity index is 897. The maximum Gasteiger partial charge on any atom is 0.306 e. The number of aliphatic hydroxyl groups excluding tert-OH is 4. The third kappa shape index (κ3) is 27.1. The summed E-state index contributed by atoms with van der Waals surface area (Å²) in [6, 6.07) is 0. The average molecular weight is 771 g/mol. The van der Waals surface area contributed by atoms with Crippen molar-refractivity contribution in [1.29, 1.82) is 0 Å². The number of carbonyl (C=O) groups excluding carboxylic acids is 2. The molecule has 1 heterocycles. The van der Waals surface area contributed by atoms with E-state index in [1.54, 1.807) is 0 Å². The minimum Gasteiger partial charge on any atom is -0.462 e. The van der Waals surface area contributed by atoms with Crippen LogP contribution in [0.15, 0.2) is 12.2 Å². The van der Waals surface area contributed by atoms with Gasteiger partial charge in [-0.1, -0.05) is 167 Å². The highest BCUT2D eigenvalue weighted by Crippen LogP contribution is 2.23. The Morgan fingerprint density at radius 2 is 1.02 bits per heavy atom. The minimum absolute atomic E-state index is 0.216. The van der Waals surface area contributed by atoms with Crippen molar-refractivity contribution in [1.82, 2.24) is 0 Å². The van der Waals surface area contributed by atoms with Gasteiger partial charge >= 0.3 is 11.9 Å². The summed E-state index contributed by atoms with van der Waals surface area (Å²) >= 11 is 0. The molecular weight excluding hydrogens is 688 g/mol. The number of unbranched alkanes of at least 4 members (excludes halogenated alkanes) is 24. The van der Waals surface area contributed by atoms with Crippen molar-refractivity contribution in [2.45, 2.75) is 237 Å². The molecule has 1 aliphatic rings. The summed E-state index contributed by atoms with van der Waals surface area (Å²) in [6.07, 6.45) is 29.5. The van der Waals surface area contributed by atoms with Crippen molar-refractivity contribution in [3.05, 3.63) is 12.2 Å². The van der Waals surface area contributed by atoms with Crippen molar-refractivity contribution in [2.75, 3.05) is 19.8 Å². The molecule has 0 bridgehead atoms. The maximum absolute atomic E-state index is 12.7. The van der Waals surface area contributed by atoms with Crippen molar-refractivity contribution in [3.63, 3.8) is 0 Å². The fourth-order valence-corrected chi connectivity index (χ4v) is 6.84. The molecule has 0 saturated carbocycles. The lowest BCUT2D eigenvalue weighted by Crippen LogP contribution is -2.59. The number of hydrogen-bond donors (Lipinski definition) is 4. The second-order valence-electron chi connectivity index (χ2n) is 15.5. The average Bonchev–Trinajstić information content (AvgIpc) is 3.17. The summed E-state index contributed by atoms with van der Waals surface area (Å²) in [5.41, 5.74) is 0. The molecule has 0 aromatic rings. The zero-order valence-corrected chi connectivity index (χ0v) is 34.5. The van der Waals surface area contributed by atoms with Gasteiger partial charge in [-0.3, -0.25) is 9.59 Å². The molecule has 1 fully saturated rings. The molecule has 0 spiro atoms. The highest BCUT2D eigenvalue weighted by molar-refractivity contribution is 5.70. The molecule has 54 heavy (non-hydrogen) atoms. The van der Waals surface area contributed by atoms with Gasteiger partial charge in [0.15, 0.2) is 12.4 Å². The van der Waals surface area contributed by atoms with Crippen molar-refractivity contribution < 1.29 is 49.0 Å². The number of aliphatic hydroxyl groups is 4. The van der Waals surface area contributed by atoms with E-state index in [0.29, 0.717) is 6.42 Å². The molecular formula is C44H82O10. The van der Waals surface area contributed by atoms with Crippen molar-refractivity contribution in [2.24, 2.45) is 0 Å². The van der Waals surface area contributed by atoms with Crippen LogP contribution in [-0.2, 0) is 28.5 Å². The van der Waals surface area contributed by atoms with Gasteiger partial charge in [-0.05, 0) is 32.1 Å². The van der Waals surface area contributed by atoms with Crippen LogP contribution in [0.25, 0.3) is 0 Å². The van der Waals surface area contributed by atoms with Crippen molar-refractivity contribution >= 4 is 11.9 Å². The Labute approximate surface area is 329 Å². The summed E-state index contributed by atoms with van der Waals surface area (Å²) in [7, 11) is 0. The minimum atomic E-state index is -1.59. The van der Waals surface area contributed by atoms with Crippen LogP contribution >= 0.6 is 0 Å². The van der Waals surface area contributed by atoms with Crippen LogP contribution in [0.1, 0.15) is 200 Å². The molecule has 4 N–H and O–H groups in total. The Morgan fingerprint density at radius 3 is 1.52 bits per heavy atom. The first-order valence-electron chi connectivity index (χ1n) is 22.3. The van der Waals surface area contributed by atoms with Gasteiger partial charge in [-0.2, -0.15) is 0 Å². The molecule has 0 radical (unpaired) electrons. The summed E-state index contributed by atoms with van der Waals surface area (Å²) in [4.78, 5) is 25.2. The van der Waals surface area contributed by atoms with Gasteiger partial charge in [0.05, 0.1) is 13.2 Å². The van der Waals surface area contributed by atoms with E-state index in [-0.39, 0.29) is 32.0 Å². The fraction of sp³-hybridized carbons (Fsp3) is 0.909. The Morgan fingerprint density at radius 1 is 0.556 bits per heavy atom. The Kier molecular flexibility index (Phi) is 33.5. The maximum atomic E-state index is 12.7. The number of allylic oxidation sites excluding steroid dienone is 2. The lowest BCUT2D eigenvalue weighted by molar-refractivity contribution is -0.305. The number of rotatable bonds is 37. The number of ether oxygens (including phenoxy) is 4. The Balaban J connectivity index is 2.27. The van der Waals surface area contributed by atoms with Crippen LogP contribution in [0.2, 0.25) is 0 Å². The van der Waals surface area contributed by atoms with E-state index in [0.717, 1.165) is 64.2 Å². The van der Waals surface area contributed by atoms with Crippen LogP contribution < -0.4 is 0 Å². The summed E-state index contributed by atoms with van der Waals surface area (Å²) < 4.78 is 22.1. The van der Waals surface area contributed by atoms with E-state index in [1.165, 1.54) is 103 Å². The predicted molar refractivity (Wildman–Crippen MR) is 215 cm³/mol. The first-order chi connectivity index (χ1) is 26.3. The smallest absolute Gasteiger partial charge is 0.306 e. The quantitative estimate of drug-likeness (QED) is 0.0273. The molecule has 1 saturated heterocycles. The highest BCUT2D eigenvalue weighted by atomic mass is 16.7. The molecule has 6 unspecified atom stereocenters. The largest absolute Gasteiger partial charge is 0.462 e. The molecule has 10 heteroatoms. The zero-order chi connectivity index (χ0) is 39.5. The van der Waals surface area contributed by atoms with E-state index in [1.807, 2.05) is 0 Å². The van der Waals surface area contributed by atoms with Gasteiger partial charge in [0, 0.05) is 12.8 Å². The molecule has 6 atom stereocenters. The van der Waals surface area contributed by atoms with E-state index in [4.69, 9.17) is 18.9 Å². The monoisotopic (exact) mass is 771 g/mol. The first-order valence-corrected chi connectivity index (χ1v) is 22.3. The molecule has 1 aliphatic heterocycles. The summed E-state index contributed by atoms with van der Waals surface area (Å²) in [5, 5.41) is 40.0. The first kappa shape index (κ1) is 50.5. The summed E-state index contributed by atoms with van der Waals surface area (Å²) in [5.74, 6) is -0.810. The normalized spacial score (nSPS) is 20.7. The molecule has 1 rings (SSSR count). The zero-order valence-electron chi connectivity index (χ0n) is 34.5. The van der Waals surface area contributed by atoms with Gasteiger partial charge in [-0.25, -0.2) is 0 Å². The second-order valence-corrected chi connectivity index (χ2v) is 15.5. The lowest BCUT2D eigenvalue weighted by atomic mass is 9.99. The van der Waals surface area contributed by atoms with Crippen LogP contribution in [0, 0.1) is 0 Å². The second kappa shape index (κ2) is 35.8. The highest BCUT2D eigenvalue weighted by Gasteiger charge is 2.44. The molecule has 0 aromatic carbocycles. The van der Waals surface area contributed by atoms with E-state index < -0.39 is 49.4 Å². The molecule has 0 aromatic heterocycles. The third-order valence-electron chi connectivity index (χ3n) is 10.4. The van der Waals surface area contributed by atoms with E-state index in [2.05, 4.69) is 26.0 Å². The topological polar surface area (TPSA) is 152 Å². The molecule has 0 aliphatic carbocycles. The number of hydrogen-bond acceptors (Lipinski definition) is 10. The molecule has 318 valence electrons. The van der Waals surface area contributed by atoms with Crippen LogP contribution in [-0.4, -0.2) is 89.0 Å². The number of carbonyl (C=O) groups is 2. The molecule has 0 amide bonds. The van der Waals surface area contributed by atoms with Gasteiger partial charge in [0.25, 0.3) is 0 Å². The number of esters is 2. The third-order valence-corrected chi connectivity index (χ3v) is 10.4. The fourth-order valence-electron chi connectivity index (χ4n) is 6.84. The Hall–Kier alpha value is -1.56. The lowest BCUT2D eigenvalue weighted by Gasteiger charge is -2.39. The summed E-state index contributed by atoms with van der Waals surface area (Å²) in [6.45, 7) is 3.36.